The molecule has 3 heterocycles. The highest BCUT2D eigenvalue weighted by Crippen LogP contribution is 2.60. The number of aryl methyl sites for hydroxylation is 1. The van der Waals surface area contributed by atoms with Gasteiger partial charge in [-0.25, -0.2) is 0 Å². The number of aromatic nitrogens is 3. The van der Waals surface area contributed by atoms with Gasteiger partial charge in [0.25, 0.3) is 5.91 Å². The number of rotatable bonds is 7. The molecule has 2 aliphatic rings. The maximum Gasteiger partial charge on any atom is 0.268 e. The second-order valence-corrected chi connectivity index (χ2v) is 15.1. The number of benzene rings is 2. The van der Waals surface area contributed by atoms with Gasteiger partial charge in [-0.2, -0.15) is 0 Å². The summed E-state index contributed by atoms with van der Waals surface area (Å²) in [6.45, 7) is 6.45. The van der Waals surface area contributed by atoms with Crippen LogP contribution in [0.2, 0.25) is 18.6 Å². The molecular formula is C26H31BrN4O4Si. The lowest BCUT2D eigenvalue weighted by Gasteiger charge is -2.32. The third-order valence-electron chi connectivity index (χ3n) is 7.47. The molecule has 0 radical (unpaired) electrons. The van der Waals surface area contributed by atoms with Crippen molar-refractivity contribution in [3.63, 3.8) is 0 Å². The molecule has 1 fully saturated rings. The molecule has 2 N–H and O–H groups in total. The predicted octanol–water partition coefficient (Wildman–Crippen LogP) is 4.14. The van der Waals surface area contributed by atoms with Crippen molar-refractivity contribution in [2.75, 3.05) is 11.5 Å². The van der Waals surface area contributed by atoms with E-state index in [0.717, 1.165) is 27.1 Å². The first kappa shape index (κ1) is 25.3. The van der Waals surface area contributed by atoms with E-state index in [1.165, 1.54) is 0 Å². The SMILES string of the molecule is C[C@@H]1[C@@H]([Si](C)(C)O)[C@H](CCn2cc(CCO)nn2)O[C@@]12C(=O)N(c1ccccc1)c1ccc(Br)cc12. The van der Waals surface area contributed by atoms with Crippen LogP contribution in [0.4, 0.5) is 11.4 Å². The highest BCUT2D eigenvalue weighted by molar-refractivity contribution is 9.10. The molecule has 190 valence electrons. The fourth-order valence-electron chi connectivity index (χ4n) is 6.01. The summed E-state index contributed by atoms with van der Waals surface area (Å²) in [6.07, 6.45) is 2.53. The van der Waals surface area contributed by atoms with Gasteiger partial charge in [0.15, 0.2) is 13.9 Å². The molecule has 0 saturated carbocycles. The van der Waals surface area contributed by atoms with Crippen LogP contribution < -0.4 is 4.90 Å². The number of aliphatic hydroxyl groups is 1. The number of aliphatic hydroxyl groups excluding tert-OH is 1. The van der Waals surface area contributed by atoms with E-state index in [1.807, 2.05) is 74.7 Å². The van der Waals surface area contributed by atoms with E-state index in [-0.39, 0.29) is 30.1 Å². The van der Waals surface area contributed by atoms with Crippen LogP contribution in [0.3, 0.4) is 0 Å². The first-order valence-corrected chi connectivity index (χ1v) is 16.1. The normalized spacial score (nSPS) is 25.7. The van der Waals surface area contributed by atoms with E-state index >= 15 is 0 Å². The van der Waals surface area contributed by atoms with E-state index in [4.69, 9.17) is 4.74 Å². The second kappa shape index (κ2) is 9.49. The number of carbonyl (C=O) groups excluding carboxylic acids is 1. The van der Waals surface area contributed by atoms with E-state index in [9.17, 15) is 14.7 Å². The average molecular weight is 572 g/mol. The molecule has 5 rings (SSSR count). The number of halogens is 1. The zero-order valence-corrected chi connectivity index (χ0v) is 23.2. The number of hydrogen-bond acceptors (Lipinski definition) is 6. The van der Waals surface area contributed by atoms with Crippen LogP contribution in [0.1, 0.15) is 24.6 Å². The number of anilines is 2. The molecule has 8 nitrogen and oxygen atoms in total. The van der Waals surface area contributed by atoms with Gasteiger partial charge in [0.2, 0.25) is 0 Å². The number of carbonyl (C=O) groups is 1. The molecule has 0 bridgehead atoms. The van der Waals surface area contributed by atoms with E-state index < -0.39 is 13.9 Å². The first-order chi connectivity index (χ1) is 17.2. The highest BCUT2D eigenvalue weighted by Gasteiger charge is 2.66. The second-order valence-electron chi connectivity index (χ2n) is 10.2. The number of para-hydroxylation sites is 1. The number of ether oxygens (including phenoxy) is 1. The van der Waals surface area contributed by atoms with Gasteiger partial charge in [-0.1, -0.05) is 46.3 Å². The van der Waals surface area contributed by atoms with Gasteiger partial charge in [0.1, 0.15) is 0 Å². The molecular weight excluding hydrogens is 540 g/mol. The molecule has 4 atom stereocenters. The minimum atomic E-state index is -2.74. The van der Waals surface area contributed by atoms with Crippen LogP contribution in [-0.4, -0.2) is 51.8 Å². The van der Waals surface area contributed by atoms with Gasteiger partial charge >= 0.3 is 0 Å². The van der Waals surface area contributed by atoms with Crippen molar-refractivity contribution in [2.45, 2.75) is 56.7 Å². The van der Waals surface area contributed by atoms with Crippen molar-refractivity contribution in [1.29, 1.82) is 0 Å². The largest absolute Gasteiger partial charge is 0.432 e. The van der Waals surface area contributed by atoms with Gasteiger partial charge < -0.3 is 14.6 Å². The zero-order chi connectivity index (χ0) is 25.7. The van der Waals surface area contributed by atoms with Crippen molar-refractivity contribution in [1.82, 2.24) is 15.0 Å². The minimum Gasteiger partial charge on any atom is -0.432 e. The average Bonchev–Trinajstić information content (AvgIpc) is 3.47. The molecule has 0 unspecified atom stereocenters. The molecule has 1 amide bonds. The minimum absolute atomic E-state index is 0.0197. The molecule has 2 aliphatic heterocycles. The summed E-state index contributed by atoms with van der Waals surface area (Å²) in [5.41, 5.74) is 1.80. The maximum atomic E-state index is 14.3. The summed E-state index contributed by atoms with van der Waals surface area (Å²) in [5.74, 6) is -0.352. The number of fused-ring (bicyclic) bond motifs is 2. The Kier molecular flexibility index (Phi) is 6.67. The first-order valence-electron chi connectivity index (χ1n) is 12.3. The lowest BCUT2D eigenvalue weighted by Crippen LogP contribution is -2.45. The van der Waals surface area contributed by atoms with Gasteiger partial charge in [-0.3, -0.25) is 14.4 Å². The van der Waals surface area contributed by atoms with Crippen molar-refractivity contribution in [3.8, 4) is 0 Å². The summed E-state index contributed by atoms with van der Waals surface area (Å²) >= 11 is 3.60. The Balaban J connectivity index is 1.54. The predicted molar refractivity (Wildman–Crippen MR) is 142 cm³/mol. The Labute approximate surface area is 220 Å². The van der Waals surface area contributed by atoms with Gasteiger partial charge in [-0.05, 0) is 49.8 Å². The van der Waals surface area contributed by atoms with Gasteiger partial charge in [-0.15, -0.1) is 5.10 Å². The summed E-state index contributed by atoms with van der Waals surface area (Å²) in [7, 11) is -2.74. The van der Waals surface area contributed by atoms with Crippen molar-refractivity contribution < 1.29 is 19.4 Å². The van der Waals surface area contributed by atoms with Crippen LogP contribution in [0.25, 0.3) is 0 Å². The summed E-state index contributed by atoms with van der Waals surface area (Å²) in [6, 6.07) is 15.5. The summed E-state index contributed by atoms with van der Waals surface area (Å²) in [5, 5.41) is 17.4. The Morgan fingerprint density at radius 3 is 2.64 bits per heavy atom. The van der Waals surface area contributed by atoms with Gasteiger partial charge in [0, 0.05) is 53.0 Å². The fourth-order valence-corrected chi connectivity index (χ4v) is 8.98. The topological polar surface area (TPSA) is 101 Å². The molecule has 3 aromatic rings. The van der Waals surface area contributed by atoms with Crippen LogP contribution >= 0.6 is 15.9 Å². The molecule has 2 aromatic carbocycles. The number of nitrogens with zero attached hydrogens (tertiary/aromatic N) is 4. The van der Waals surface area contributed by atoms with Crippen LogP contribution in [0.15, 0.2) is 59.2 Å². The molecule has 36 heavy (non-hydrogen) atoms. The zero-order valence-electron chi connectivity index (χ0n) is 20.6. The Bertz CT molecular complexity index is 1260. The lowest BCUT2D eigenvalue weighted by atomic mass is 9.82. The molecule has 1 spiro atoms. The third-order valence-corrected chi connectivity index (χ3v) is 10.5. The Morgan fingerprint density at radius 1 is 1.19 bits per heavy atom. The summed E-state index contributed by atoms with van der Waals surface area (Å²) < 4.78 is 9.46. The van der Waals surface area contributed by atoms with Gasteiger partial charge in [0.05, 0.1) is 17.5 Å². The third kappa shape index (κ3) is 4.14. The fraction of sp³-hybridized carbons (Fsp3) is 0.423. The Morgan fingerprint density at radius 2 is 1.94 bits per heavy atom. The summed E-state index contributed by atoms with van der Waals surface area (Å²) in [4.78, 5) is 27.5. The van der Waals surface area contributed by atoms with E-state index in [2.05, 4.69) is 26.2 Å². The highest BCUT2D eigenvalue weighted by atomic mass is 79.9. The number of amides is 1. The molecule has 1 saturated heterocycles. The standard InChI is InChI=1S/C26H31BrN4O4Si/c1-17-24(36(2,3)34)23(11-13-30-16-19(12-14-32)28-29-30)35-26(17)21-15-18(27)9-10-22(21)31(25(26)33)20-7-5-4-6-8-20/h4-10,15-17,23-24,32,34H,11-14H2,1-3H3/t17-,23+,24-,26+/m1/s1. The number of hydrogen-bond donors (Lipinski definition) is 2. The van der Waals surface area contributed by atoms with E-state index in [0.29, 0.717) is 19.4 Å². The van der Waals surface area contributed by atoms with Crippen LogP contribution in [-0.2, 0) is 28.1 Å². The van der Waals surface area contributed by atoms with Crippen molar-refractivity contribution in [3.05, 3.63) is 70.5 Å². The monoisotopic (exact) mass is 570 g/mol. The Hall–Kier alpha value is -2.37. The van der Waals surface area contributed by atoms with Crippen molar-refractivity contribution in [2.24, 2.45) is 5.92 Å². The molecule has 0 aliphatic carbocycles. The quantitative estimate of drug-likeness (QED) is 0.414. The van der Waals surface area contributed by atoms with Crippen LogP contribution in [0, 0.1) is 5.92 Å². The van der Waals surface area contributed by atoms with E-state index in [1.54, 1.807) is 9.58 Å². The van der Waals surface area contributed by atoms with Crippen LogP contribution in [0.5, 0.6) is 0 Å². The molecule has 10 heteroatoms. The maximum absolute atomic E-state index is 14.3. The smallest absolute Gasteiger partial charge is 0.268 e. The molecule has 1 aromatic heterocycles. The van der Waals surface area contributed by atoms with Crippen molar-refractivity contribution >= 4 is 41.5 Å². The lowest BCUT2D eigenvalue weighted by molar-refractivity contribution is -0.145.